The molecule has 0 radical (unpaired) electrons. The van der Waals surface area contributed by atoms with E-state index in [1.165, 1.54) is 12.3 Å². The number of nitrogen functional groups attached to an aromatic ring is 1. The summed E-state index contributed by atoms with van der Waals surface area (Å²) in [6.45, 7) is 1.89. The zero-order chi connectivity index (χ0) is 13.3. The van der Waals surface area contributed by atoms with Crippen molar-refractivity contribution in [3.8, 4) is 0 Å². The van der Waals surface area contributed by atoms with E-state index in [0.29, 0.717) is 5.82 Å². The molecular formula is C11H12ClN5O. The minimum absolute atomic E-state index is 0.238. The average molecular weight is 266 g/mol. The second-order valence-corrected chi connectivity index (χ2v) is 4.24. The highest BCUT2D eigenvalue weighted by Gasteiger charge is 2.13. The molecule has 0 spiro atoms. The van der Waals surface area contributed by atoms with Gasteiger partial charge in [-0.25, -0.2) is 4.98 Å². The van der Waals surface area contributed by atoms with Gasteiger partial charge in [-0.05, 0) is 13.0 Å². The SMILES string of the molecule is Cc1cc(NC(=O)c2cc(N)ncc2Cl)nn1C. The molecule has 2 rings (SSSR count). The number of aromatic nitrogens is 3. The lowest BCUT2D eigenvalue weighted by molar-refractivity contribution is 0.102. The van der Waals surface area contributed by atoms with Gasteiger partial charge in [-0.2, -0.15) is 5.10 Å². The zero-order valence-electron chi connectivity index (χ0n) is 9.94. The number of halogens is 1. The molecular weight excluding hydrogens is 254 g/mol. The average Bonchev–Trinajstić information content (AvgIpc) is 2.61. The first-order chi connectivity index (χ1) is 8.47. The number of nitrogens with one attached hydrogen (secondary N) is 1. The van der Waals surface area contributed by atoms with Gasteiger partial charge in [0.25, 0.3) is 5.91 Å². The van der Waals surface area contributed by atoms with Crippen molar-refractivity contribution in [2.45, 2.75) is 6.92 Å². The van der Waals surface area contributed by atoms with Crippen molar-refractivity contribution in [1.82, 2.24) is 14.8 Å². The number of aryl methyl sites for hydroxylation is 2. The molecule has 6 nitrogen and oxygen atoms in total. The smallest absolute Gasteiger partial charge is 0.258 e. The Kier molecular flexibility index (Phi) is 3.20. The maximum absolute atomic E-state index is 12.0. The number of pyridine rings is 1. The van der Waals surface area contributed by atoms with E-state index < -0.39 is 0 Å². The van der Waals surface area contributed by atoms with Crippen molar-refractivity contribution < 1.29 is 4.79 Å². The number of carbonyl (C=O) groups excluding carboxylic acids is 1. The number of nitrogens with two attached hydrogens (primary N) is 1. The Balaban J connectivity index is 2.24. The highest BCUT2D eigenvalue weighted by molar-refractivity contribution is 6.34. The summed E-state index contributed by atoms with van der Waals surface area (Å²) in [6, 6.07) is 3.18. The summed E-state index contributed by atoms with van der Waals surface area (Å²) in [5.41, 5.74) is 6.72. The van der Waals surface area contributed by atoms with Crippen LogP contribution in [0.5, 0.6) is 0 Å². The van der Waals surface area contributed by atoms with Gasteiger partial charge in [-0.1, -0.05) is 11.6 Å². The van der Waals surface area contributed by atoms with Gasteiger partial charge in [0.15, 0.2) is 5.82 Å². The van der Waals surface area contributed by atoms with Crippen molar-refractivity contribution >= 4 is 29.1 Å². The molecule has 0 saturated carbocycles. The van der Waals surface area contributed by atoms with Gasteiger partial charge in [0, 0.05) is 25.0 Å². The molecule has 0 saturated heterocycles. The molecule has 0 fully saturated rings. The quantitative estimate of drug-likeness (QED) is 0.864. The molecule has 0 aromatic carbocycles. The molecule has 2 aromatic rings. The zero-order valence-corrected chi connectivity index (χ0v) is 10.7. The van der Waals surface area contributed by atoms with Crippen molar-refractivity contribution in [2.75, 3.05) is 11.1 Å². The number of hydrogen-bond acceptors (Lipinski definition) is 4. The fourth-order valence-electron chi connectivity index (χ4n) is 1.43. The molecule has 2 heterocycles. The van der Waals surface area contributed by atoms with Crippen LogP contribution in [0.3, 0.4) is 0 Å². The van der Waals surface area contributed by atoms with Crippen LogP contribution >= 0.6 is 11.6 Å². The maximum atomic E-state index is 12.0. The fraction of sp³-hybridized carbons (Fsp3) is 0.182. The predicted molar refractivity (Wildman–Crippen MR) is 69.6 cm³/mol. The minimum Gasteiger partial charge on any atom is -0.384 e. The molecule has 0 aliphatic rings. The fourth-order valence-corrected chi connectivity index (χ4v) is 1.62. The van der Waals surface area contributed by atoms with Crippen LogP contribution in [0.4, 0.5) is 11.6 Å². The van der Waals surface area contributed by atoms with Crippen LogP contribution in [-0.2, 0) is 7.05 Å². The third-order valence-electron chi connectivity index (χ3n) is 2.48. The van der Waals surface area contributed by atoms with Crippen LogP contribution in [0.1, 0.15) is 16.1 Å². The lowest BCUT2D eigenvalue weighted by Gasteiger charge is -2.04. The Morgan fingerprint density at radius 3 is 2.83 bits per heavy atom. The van der Waals surface area contributed by atoms with Crippen LogP contribution < -0.4 is 11.1 Å². The standard InChI is InChI=1S/C11H12ClN5O/c1-6-3-10(16-17(6)2)15-11(18)7-4-9(13)14-5-8(7)12/h3-5H,1-2H3,(H2,13,14)(H,15,16,18). The monoisotopic (exact) mass is 265 g/mol. The van der Waals surface area contributed by atoms with Crippen LogP contribution in [0.2, 0.25) is 5.02 Å². The number of carbonyl (C=O) groups is 1. The summed E-state index contributed by atoms with van der Waals surface area (Å²) >= 11 is 5.89. The van der Waals surface area contributed by atoms with E-state index in [1.54, 1.807) is 17.8 Å². The van der Waals surface area contributed by atoms with Crippen LogP contribution in [0.25, 0.3) is 0 Å². The van der Waals surface area contributed by atoms with Crippen LogP contribution in [-0.4, -0.2) is 20.7 Å². The highest BCUT2D eigenvalue weighted by atomic mass is 35.5. The van der Waals surface area contributed by atoms with Crippen molar-refractivity contribution in [1.29, 1.82) is 0 Å². The van der Waals surface area contributed by atoms with E-state index in [9.17, 15) is 4.79 Å². The molecule has 0 unspecified atom stereocenters. The number of amides is 1. The number of hydrogen-bond donors (Lipinski definition) is 2. The van der Waals surface area contributed by atoms with Crippen molar-refractivity contribution in [3.05, 3.63) is 34.6 Å². The van der Waals surface area contributed by atoms with Gasteiger partial charge < -0.3 is 11.1 Å². The first-order valence-electron chi connectivity index (χ1n) is 5.20. The second-order valence-electron chi connectivity index (χ2n) is 3.84. The third-order valence-corrected chi connectivity index (χ3v) is 2.78. The summed E-state index contributed by atoms with van der Waals surface area (Å²) < 4.78 is 1.66. The van der Waals surface area contributed by atoms with Gasteiger partial charge >= 0.3 is 0 Å². The van der Waals surface area contributed by atoms with E-state index in [4.69, 9.17) is 17.3 Å². The molecule has 2 aromatic heterocycles. The van der Waals surface area contributed by atoms with E-state index in [-0.39, 0.29) is 22.3 Å². The molecule has 18 heavy (non-hydrogen) atoms. The molecule has 94 valence electrons. The molecule has 0 aliphatic carbocycles. The first-order valence-corrected chi connectivity index (χ1v) is 5.58. The Labute approximate surface area is 109 Å². The Morgan fingerprint density at radius 1 is 1.50 bits per heavy atom. The summed E-state index contributed by atoms with van der Waals surface area (Å²) in [6.07, 6.45) is 1.34. The highest BCUT2D eigenvalue weighted by Crippen LogP contribution is 2.18. The van der Waals surface area contributed by atoms with Gasteiger partial charge in [-0.15, -0.1) is 0 Å². The summed E-state index contributed by atoms with van der Waals surface area (Å²) in [5, 5.41) is 7.02. The minimum atomic E-state index is -0.368. The van der Waals surface area contributed by atoms with Crippen LogP contribution in [0, 0.1) is 6.92 Å². The van der Waals surface area contributed by atoms with Crippen LogP contribution in [0.15, 0.2) is 18.3 Å². The van der Waals surface area contributed by atoms with E-state index >= 15 is 0 Å². The largest absolute Gasteiger partial charge is 0.384 e. The number of nitrogens with zero attached hydrogens (tertiary/aromatic N) is 3. The van der Waals surface area contributed by atoms with Crippen molar-refractivity contribution in [3.63, 3.8) is 0 Å². The Hall–Kier alpha value is -2.08. The maximum Gasteiger partial charge on any atom is 0.258 e. The summed E-state index contributed by atoms with van der Waals surface area (Å²) in [7, 11) is 1.79. The number of anilines is 2. The molecule has 3 N–H and O–H groups in total. The van der Waals surface area contributed by atoms with Gasteiger partial charge in [-0.3, -0.25) is 9.48 Å². The lowest BCUT2D eigenvalue weighted by Crippen LogP contribution is -2.13. The first kappa shape index (κ1) is 12.4. The van der Waals surface area contributed by atoms with Gasteiger partial charge in [0.1, 0.15) is 5.82 Å². The summed E-state index contributed by atoms with van der Waals surface area (Å²) in [5.74, 6) is 0.334. The van der Waals surface area contributed by atoms with E-state index in [1.807, 2.05) is 6.92 Å². The normalized spacial score (nSPS) is 10.4. The Morgan fingerprint density at radius 2 is 2.22 bits per heavy atom. The Bertz CT molecular complexity index is 588. The van der Waals surface area contributed by atoms with Crippen molar-refractivity contribution in [2.24, 2.45) is 7.05 Å². The third kappa shape index (κ3) is 2.43. The van der Waals surface area contributed by atoms with E-state index in [2.05, 4.69) is 15.4 Å². The topological polar surface area (TPSA) is 85.8 Å². The van der Waals surface area contributed by atoms with Gasteiger partial charge in [0.05, 0.1) is 10.6 Å². The molecule has 7 heteroatoms. The lowest BCUT2D eigenvalue weighted by atomic mass is 10.2. The summed E-state index contributed by atoms with van der Waals surface area (Å²) in [4.78, 5) is 15.8. The molecule has 0 atom stereocenters. The molecule has 0 bridgehead atoms. The number of rotatable bonds is 2. The second kappa shape index (κ2) is 4.66. The van der Waals surface area contributed by atoms with Gasteiger partial charge in [0.2, 0.25) is 0 Å². The van der Waals surface area contributed by atoms with E-state index in [0.717, 1.165) is 5.69 Å². The molecule has 0 aliphatic heterocycles. The predicted octanol–water partition coefficient (Wildman–Crippen LogP) is 1.61. The molecule has 1 amide bonds.